The van der Waals surface area contributed by atoms with E-state index in [1.54, 1.807) is 41.8 Å². The first kappa shape index (κ1) is 25.4. The molecule has 34 heavy (non-hydrogen) atoms. The smallest absolute Gasteiger partial charge is 0.409 e. The summed E-state index contributed by atoms with van der Waals surface area (Å²) in [6.07, 6.45) is -0.372. The third kappa shape index (κ3) is 6.19. The molecule has 2 aromatic carbocycles. The van der Waals surface area contributed by atoms with Crippen molar-refractivity contribution in [3.8, 4) is 5.75 Å². The molecule has 0 atom stereocenters. The summed E-state index contributed by atoms with van der Waals surface area (Å²) < 4.78 is 38.8. The molecule has 3 rings (SSSR count). The molecule has 1 saturated heterocycles. The highest BCUT2D eigenvalue weighted by Gasteiger charge is 2.25. The summed E-state index contributed by atoms with van der Waals surface area (Å²) in [5.41, 5.74) is 3.17. The average Bonchev–Trinajstić information content (AvgIpc) is 2.80. The molecule has 1 fully saturated rings. The van der Waals surface area contributed by atoms with Crippen LogP contribution in [0.2, 0.25) is 0 Å². The van der Waals surface area contributed by atoms with E-state index in [9.17, 15) is 18.0 Å². The van der Waals surface area contributed by atoms with Gasteiger partial charge in [0.25, 0.3) is 15.9 Å². The lowest BCUT2D eigenvalue weighted by molar-refractivity contribution is -0.134. The van der Waals surface area contributed by atoms with Crippen LogP contribution in [0.5, 0.6) is 5.75 Å². The van der Waals surface area contributed by atoms with Gasteiger partial charge in [-0.2, -0.15) is 0 Å². The molecule has 1 aliphatic heterocycles. The van der Waals surface area contributed by atoms with Gasteiger partial charge in [-0.25, -0.2) is 13.2 Å². The Morgan fingerprint density at radius 3 is 2.21 bits per heavy atom. The van der Waals surface area contributed by atoms with Crippen molar-refractivity contribution >= 4 is 27.7 Å². The summed E-state index contributed by atoms with van der Waals surface area (Å²) in [5, 5.41) is 0. The number of hydrogen-bond acceptors (Lipinski definition) is 6. The minimum atomic E-state index is -3.77. The number of sulfonamides is 1. The van der Waals surface area contributed by atoms with Gasteiger partial charge in [0.2, 0.25) is 0 Å². The van der Waals surface area contributed by atoms with Crippen molar-refractivity contribution in [2.75, 3.05) is 44.1 Å². The predicted octanol–water partition coefficient (Wildman–Crippen LogP) is 3.09. The molecular weight excluding hydrogens is 458 g/mol. The van der Waals surface area contributed by atoms with Crippen LogP contribution in [0.3, 0.4) is 0 Å². The topological polar surface area (TPSA) is 105 Å². The van der Waals surface area contributed by atoms with E-state index in [2.05, 4.69) is 4.72 Å². The van der Waals surface area contributed by atoms with Crippen molar-refractivity contribution in [3.05, 3.63) is 53.1 Å². The Kier molecular flexibility index (Phi) is 8.03. The standard InChI is InChI=1S/C24H31N3O6S/c1-5-32-24(29)27-12-10-26(11-13-27)23(28)16-33-22-9-8-21(15-19(22)4)34(30,31)25-20-7-6-17(2)18(3)14-20/h6-9,14-15,25H,5,10-13,16H2,1-4H3. The predicted molar refractivity (Wildman–Crippen MR) is 129 cm³/mol. The quantitative estimate of drug-likeness (QED) is 0.641. The van der Waals surface area contributed by atoms with Crippen molar-refractivity contribution in [1.82, 2.24) is 9.80 Å². The van der Waals surface area contributed by atoms with Crippen LogP contribution in [-0.2, 0) is 19.6 Å². The van der Waals surface area contributed by atoms with E-state index in [4.69, 9.17) is 9.47 Å². The van der Waals surface area contributed by atoms with Gasteiger partial charge in [-0.05, 0) is 74.7 Å². The molecule has 0 unspecified atom stereocenters. The maximum Gasteiger partial charge on any atom is 0.409 e. The lowest BCUT2D eigenvalue weighted by Crippen LogP contribution is -2.51. The SMILES string of the molecule is CCOC(=O)N1CCN(C(=O)COc2ccc(S(=O)(=O)Nc3ccc(C)c(C)c3)cc2C)CC1. The van der Waals surface area contributed by atoms with Crippen molar-refractivity contribution in [3.63, 3.8) is 0 Å². The molecular formula is C24H31N3O6S. The highest BCUT2D eigenvalue weighted by atomic mass is 32.2. The van der Waals surface area contributed by atoms with E-state index >= 15 is 0 Å². The fraction of sp³-hybridized carbons (Fsp3) is 0.417. The number of nitrogens with zero attached hydrogens (tertiary/aromatic N) is 2. The first-order valence-electron chi connectivity index (χ1n) is 11.1. The third-order valence-electron chi connectivity index (χ3n) is 5.73. The van der Waals surface area contributed by atoms with E-state index < -0.39 is 10.0 Å². The van der Waals surface area contributed by atoms with Crippen LogP contribution in [0.25, 0.3) is 0 Å². The molecule has 2 amide bonds. The van der Waals surface area contributed by atoms with Crippen LogP contribution in [-0.4, -0.2) is 69.6 Å². The molecule has 1 aliphatic rings. The van der Waals surface area contributed by atoms with Crippen molar-refractivity contribution in [2.45, 2.75) is 32.6 Å². The number of anilines is 1. The second kappa shape index (κ2) is 10.8. The highest BCUT2D eigenvalue weighted by Crippen LogP contribution is 2.24. The lowest BCUT2D eigenvalue weighted by Gasteiger charge is -2.34. The molecule has 2 aromatic rings. The summed E-state index contributed by atoms with van der Waals surface area (Å²) in [4.78, 5) is 27.6. The zero-order valence-electron chi connectivity index (χ0n) is 20.0. The zero-order valence-corrected chi connectivity index (χ0v) is 20.8. The van der Waals surface area contributed by atoms with Gasteiger partial charge in [-0.3, -0.25) is 9.52 Å². The van der Waals surface area contributed by atoms with Gasteiger partial charge >= 0.3 is 6.09 Å². The summed E-state index contributed by atoms with van der Waals surface area (Å²) in [6.45, 7) is 9.12. The molecule has 0 saturated carbocycles. The van der Waals surface area contributed by atoms with E-state index in [0.29, 0.717) is 49.8 Å². The molecule has 0 aromatic heterocycles. The summed E-state index contributed by atoms with van der Waals surface area (Å²) in [5.74, 6) is 0.236. The number of amides is 2. The Labute approximate surface area is 200 Å². The normalized spacial score (nSPS) is 14.0. The lowest BCUT2D eigenvalue weighted by atomic mass is 10.1. The van der Waals surface area contributed by atoms with Gasteiger partial charge in [0.05, 0.1) is 11.5 Å². The monoisotopic (exact) mass is 489 g/mol. The maximum absolute atomic E-state index is 12.8. The molecule has 0 spiro atoms. The number of carbonyl (C=O) groups excluding carboxylic acids is 2. The number of rotatable bonds is 7. The Hall–Kier alpha value is -3.27. The molecule has 10 heteroatoms. The molecule has 1 heterocycles. The summed E-state index contributed by atoms with van der Waals surface area (Å²) >= 11 is 0. The Balaban J connectivity index is 1.57. The molecule has 0 radical (unpaired) electrons. The molecule has 0 bridgehead atoms. The van der Waals surface area contributed by atoms with E-state index in [1.807, 2.05) is 19.9 Å². The van der Waals surface area contributed by atoms with Gasteiger partial charge < -0.3 is 19.3 Å². The van der Waals surface area contributed by atoms with Crippen molar-refractivity contribution in [2.24, 2.45) is 0 Å². The van der Waals surface area contributed by atoms with Crippen molar-refractivity contribution in [1.29, 1.82) is 0 Å². The van der Waals surface area contributed by atoms with Crippen molar-refractivity contribution < 1.29 is 27.5 Å². The fourth-order valence-electron chi connectivity index (χ4n) is 3.55. The van der Waals surface area contributed by atoms with Gasteiger partial charge in [0.1, 0.15) is 5.75 Å². The third-order valence-corrected chi connectivity index (χ3v) is 7.10. The Morgan fingerprint density at radius 2 is 1.59 bits per heavy atom. The number of carbonyl (C=O) groups is 2. The summed E-state index contributed by atoms with van der Waals surface area (Å²) in [7, 11) is -3.77. The highest BCUT2D eigenvalue weighted by molar-refractivity contribution is 7.92. The van der Waals surface area contributed by atoms with Crippen LogP contribution in [0, 0.1) is 20.8 Å². The van der Waals surface area contributed by atoms with Crippen LogP contribution < -0.4 is 9.46 Å². The molecule has 184 valence electrons. The molecule has 0 aliphatic carbocycles. The first-order valence-corrected chi connectivity index (χ1v) is 12.6. The number of nitrogens with one attached hydrogen (secondary N) is 1. The van der Waals surface area contributed by atoms with Crippen LogP contribution in [0.4, 0.5) is 10.5 Å². The van der Waals surface area contributed by atoms with Gasteiger partial charge in [0, 0.05) is 31.9 Å². The molecule has 9 nitrogen and oxygen atoms in total. The first-order chi connectivity index (χ1) is 16.1. The van der Waals surface area contributed by atoms with Gasteiger partial charge in [0.15, 0.2) is 6.61 Å². The van der Waals surface area contributed by atoms with Gasteiger partial charge in [-0.1, -0.05) is 6.07 Å². The van der Waals surface area contributed by atoms with Crippen LogP contribution in [0.15, 0.2) is 41.3 Å². The zero-order chi connectivity index (χ0) is 24.9. The average molecular weight is 490 g/mol. The summed E-state index contributed by atoms with van der Waals surface area (Å²) in [6, 6.07) is 9.90. The van der Waals surface area contributed by atoms with Crippen LogP contribution >= 0.6 is 0 Å². The Morgan fingerprint density at radius 1 is 0.912 bits per heavy atom. The number of aryl methyl sites for hydroxylation is 3. The minimum absolute atomic E-state index is 0.108. The fourth-order valence-corrected chi connectivity index (χ4v) is 4.69. The molecule has 1 N–H and O–H groups in total. The van der Waals surface area contributed by atoms with E-state index in [-0.39, 0.29) is 23.5 Å². The minimum Gasteiger partial charge on any atom is -0.483 e. The number of hydrogen-bond donors (Lipinski definition) is 1. The second-order valence-corrected chi connectivity index (χ2v) is 9.87. The van der Waals surface area contributed by atoms with Gasteiger partial charge in [-0.15, -0.1) is 0 Å². The number of piperazine rings is 1. The van der Waals surface area contributed by atoms with Crippen LogP contribution in [0.1, 0.15) is 23.6 Å². The Bertz CT molecular complexity index is 1160. The second-order valence-electron chi connectivity index (χ2n) is 8.19. The number of ether oxygens (including phenoxy) is 2. The van der Waals surface area contributed by atoms with E-state index in [0.717, 1.165) is 11.1 Å². The van der Waals surface area contributed by atoms with E-state index in [1.165, 1.54) is 12.1 Å². The maximum atomic E-state index is 12.8. The largest absolute Gasteiger partial charge is 0.483 e. The number of benzene rings is 2.